The molecule has 2 rings (SSSR count). The summed E-state index contributed by atoms with van der Waals surface area (Å²) in [5, 5.41) is 13.1. The maximum absolute atomic E-state index is 10.0. The minimum atomic E-state index is -0.486. The number of aliphatic hydroxyl groups excluding tert-OH is 1. The van der Waals surface area contributed by atoms with E-state index in [1.807, 2.05) is 6.33 Å². The number of aliphatic hydroxyl groups is 1. The van der Waals surface area contributed by atoms with E-state index in [0.717, 1.165) is 12.2 Å². The third-order valence-electron chi connectivity index (χ3n) is 2.80. The highest BCUT2D eigenvalue weighted by atomic mass is 16.5. The zero-order chi connectivity index (χ0) is 11.4. The number of hydrogen-bond donors (Lipinski definition) is 2. The number of ether oxygens (including phenoxy) is 1. The van der Waals surface area contributed by atoms with E-state index in [1.54, 1.807) is 13.3 Å². The molecule has 16 heavy (non-hydrogen) atoms. The van der Waals surface area contributed by atoms with Crippen molar-refractivity contribution in [1.82, 2.24) is 14.9 Å². The molecule has 1 aromatic rings. The van der Waals surface area contributed by atoms with Crippen LogP contribution in [0.1, 0.15) is 30.7 Å². The fourth-order valence-corrected chi connectivity index (χ4v) is 1.75. The Hall–Kier alpha value is -0.910. The van der Waals surface area contributed by atoms with Gasteiger partial charge in [0.1, 0.15) is 6.10 Å². The average molecular weight is 225 g/mol. The molecule has 0 radical (unpaired) electrons. The molecule has 2 N–H and O–H groups in total. The van der Waals surface area contributed by atoms with Crippen LogP contribution < -0.4 is 5.32 Å². The predicted octanol–water partition coefficient (Wildman–Crippen LogP) is 0.487. The summed E-state index contributed by atoms with van der Waals surface area (Å²) in [7, 11) is 1.67. The summed E-state index contributed by atoms with van der Waals surface area (Å²) in [5.41, 5.74) is 0.910. The Balaban J connectivity index is 1.82. The molecule has 1 aliphatic rings. The van der Waals surface area contributed by atoms with Gasteiger partial charge in [0.15, 0.2) is 0 Å². The van der Waals surface area contributed by atoms with Crippen LogP contribution in [-0.2, 0) is 4.74 Å². The number of imidazole rings is 1. The lowest BCUT2D eigenvalue weighted by molar-refractivity contribution is 0.154. The molecule has 1 unspecified atom stereocenters. The van der Waals surface area contributed by atoms with Crippen LogP contribution in [-0.4, -0.2) is 41.5 Å². The van der Waals surface area contributed by atoms with Gasteiger partial charge in [-0.2, -0.15) is 0 Å². The van der Waals surface area contributed by atoms with Crippen molar-refractivity contribution in [3.05, 3.63) is 18.2 Å². The molecule has 1 heterocycles. The third kappa shape index (κ3) is 2.81. The summed E-state index contributed by atoms with van der Waals surface area (Å²) in [6, 6.07) is 0.561. The summed E-state index contributed by atoms with van der Waals surface area (Å²) in [4.78, 5) is 4.10. The molecule has 1 aromatic heterocycles. The van der Waals surface area contributed by atoms with Crippen LogP contribution in [0.2, 0.25) is 0 Å². The number of rotatable bonds is 7. The number of nitrogens with one attached hydrogen (secondary N) is 1. The molecule has 1 fully saturated rings. The molecule has 1 aliphatic carbocycles. The van der Waals surface area contributed by atoms with Crippen LogP contribution in [0, 0.1) is 0 Å². The normalized spacial score (nSPS) is 17.6. The topological polar surface area (TPSA) is 59.3 Å². The summed E-state index contributed by atoms with van der Waals surface area (Å²) < 4.78 is 7.01. The quantitative estimate of drug-likeness (QED) is 0.663. The lowest BCUT2D eigenvalue weighted by atomic mass is 10.2. The van der Waals surface area contributed by atoms with Gasteiger partial charge in [0.05, 0.1) is 24.8 Å². The van der Waals surface area contributed by atoms with Gasteiger partial charge in [-0.1, -0.05) is 0 Å². The second-order valence-corrected chi connectivity index (χ2v) is 4.17. The average Bonchev–Trinajstić information content (AvgIpc) is 3.02. The molecule has 1 atom stereocenters. The lowest BCUT2D eigenvalue weighted by Crippen LogP contribution is -2.26. The maximum Gasteiger partial charge on any atom is 0.108 e. The van der Waals surface area contributed by atoms with Crippen molar-refractivity contribution in [2.75, 3.05) is 26.8 Å². The maximum atomic E-state index is 10.0. The molecule has 0 saturated heterocycles. The summed E-state index contributed by atoms with van der Waals surface area (Å²) in [5.74, 6) is 0. The molecule has 5 heteroatoms. The van der Waals surface area contributed by atoms with Crippen molar-refractivity contribution >= 4 is 0 Å². The van der Waals surface area contributed by atoms with Crippen LogP contribution in [0.25, 0.3) is 0 Å². The Morgan fingerprint density at radius 3 is 3.19 bits per heavy atom. The SMILES string of the molecule is COCCNCC(O)c1cncn1C1CC1. The van der Waals surface area contributed by atoms with Crippen LogP contribution >= 0.6 is 0 Å². The molecule has 0 spiro atoms. The van der Waals surface area contributed by atoms with E-state index in [-0.39, 0.29) is 0 Å². The fraction of sp³-hybridized carbons (Fsp3) is 0.727. The van der Waals surface area contributed by atoms with Crippen molar-refractivity contribution < 1.29 is 9.84 Å². The second-order valence-electron chi connectivity index (χ2n) is 4.17. The van der Waals surface area contributed by atoms with E-state index in [4.69, 9.17) is 4.74 Å². The Labute approximate surface area is 95.4 Å². The van der Waals surface area contributed by atoms with Gasteiger partial charge in [-0.15, -0.1) is 0 Å². The molecule has 0 bridgehead atoms. The summed E-state index contributed by atoms with van der Waals surface area (Å²) in [6.45, 7) is 1.96. The predicted molar refractivity (Wildman–Crippen MR) is 60.2 cm³/mol. The number of methoxy groups -OCH3 is 1. The smallest absolute Gasteiger partial charge is 0.108 e. The Kier molecular flexibility index (Phi) is 3.93. The first-order valence-electron chi connectivity index (χ1n) is 5.72. The first kappa shape index (κ1) is 11.6. The molecule has 90 valence electrons. The van der Waals surface area contributed by atoms with Crippen molar-refractivity contribution in [3.8, 4) is 0 Å². The molecule has 0 aliphatic heterocycles. The van der Waals surface area contributed by atoms with Crippen molar-refractivity contribution in [2.45, 2.75) is 25.0 Å². The minimum absolute atomic E-state index is 0.486. The second kappa shape index (κ2) is 5.43. The number of aromatic nitrogens is 2. The fourth-order valence-electron chi connectivity index (χ4n) is 1.75. The van der Waals surface area contributed by atoms with Gasteiger partial charge in [0.25, 0.3) is 0 Å². The largest absolute Gasteiger partial charge is 0.385 e. The Morgan fingerprint density at radius 1 is 1.69 bits per heavy atom. The van der Waals surface area contributed by atoms with Crippen LogP contribution in [0.3, 0.4) is 0 Å². The molecule has 0 aromatic carbocycles. The van der Waals surface area contributed by atoms with Gasteiger partial charge < -0.3 is 19.7 Å². The van der Waals surface area contributed by atoms with E-state index < -0.39 is 6.10 Å². The Morgan fingerprint density at radius 2 is 2.50 bits per heavy atom. The first-order valence-corrected chi connectivity index (χ1v) is 5.72. The zero-order valence-corrected chi connectivity index (χ0v) is 9.59. The monoisotopic (exact) mass is 225 g/mol. The number of nitrogens with zero attached hydrogens (tertiary/aromatic N) is 2. The molecular weight excluding hydrogens is 206 g/mol. The molecule has 5 nitrogen and oxygen atoms in total. The van der Waals surface area contributed by atoms with Gasteiger partial charge in [0, 0.05) is 26.2 Å². The molecular formula is C11H19N3O2. The van der Waals surface area contributed by atoms with Gasteiger partial charge >= 0.3 is 0 Å². The van der Waals surface area contributed by atoms with E-state index in [2.05, 4.69) is 14.9 Å². The van der Waals surface area contributed by atoms with Crippen molar-refractivity contribution in [2.24, 2.45) is 0 Å². The highest BCUT2D eigenvalue weighted by molar-refractivity contribution is 5.07. The Bertz CT molecular complexity index is 323. The first-order chi connectivity index (χ1) is 7.83. The molecule has 0 amide bonds. The molecule has 1 saturated carbocycles. The zero-order valence-electron chi connectivity index (χ0n) is 9.59. The lowest BCUT2D eigenvalue weighted by Gasteiger charge is -2.14. The summed E-state index contributed by atoms with van der Waals surface area (Å²) in [6.07, 6.45) is 5.48. The summed E-state index contributed by atoms with van der Waals surface area (Å²) >= 11 is 0. The van der Waals surface area contributed by atoms with Crippen LogP contribution in [0.5, 0.6) is 0 Å². The van der Waals surface area contributed by atoms with Crippen LogP contribution in [0.4, 0.5) is 0 Å². The standard InChI is InChI=1S/C11H19N3O2/c1-16-5-4-12-7-11(15)10-6-13-8-14(10)9-2-3-9/h6,8-9,11-12,15H,2-5,7H2,1H3. The van der Waals surface area contributed by atoms with E-state index in [9.17, 15) is 5.11 Å². The minimum Gasteiger partial charge on any atom is -0.385 e. The van der Waals surface area contributed by atoms with Gasteiger partial charge in [-0.25, -0.2) is 4.98 Å². The van der Waals surface area contributed by atoms with Gasteiger partial charge in [-0.3, -0.25) is 0 Å². The third-order valence-corrected chi connectivity index (χ3v) is 2.80. The van der Waals surface area contributed by atoms with Gasteiger partial charge in [0.2, 0.25) is 0 Å². The number of hydrogen-bond acceptors (Lipinski definition) is 4. The highest BCUT2D eigenvalue weighted by Crippen LogP contribution is 2.36. The van der Waals surface area contributed by atoms with E-state index in [0.29, 0.717) is 19.2 Å². The highest BCUT2D eigenvalue weighted by Gasteiger charge is 2.27. The van der Waals surface area contributed by atoms with Crippen molar-refractivity contribution in [1.29, 1.82) is 0 Å². The van der Waals surface area contributed by atoms with Gasteiger partial charge in [-0.05, 0) is 12.8 Å². The van der Waals surface area contributed by atoms with Crippen LogP contribution in [0.15, 0.2) is 12.5 Å². The van der Waals surface area contributed by atoms with E-state index in [1.165, 1.54) is 12.8 Å². The van der Waals surface area contributed by atoms with Crippen molar-refractivity contribution in [3.63, 3.8) is 0 Å². The van der Waals surface area contributed by atoms with E-state index >= 15 is 0 Å².